The average molecular weight is 179 g/mol. The zero-order valence-electron chi connectivity index (χ0n) is 7.49. The van der Waals surface area contributed by atoms with Gasteiger partial charge in [0.1, 0.15) is 5.82 Å². The van der Waals surface area contributed by atoms with Crippen molar-refractivity contribution in [3.8, 4) is 0 Å². The molecule has 0 aromatic carbocycles. The summed E-state index contributed by atoms with van der Waals surface area (Å²) >= 11 is 0. The van der Waals surface area contributed by atoms with E-state index in [1.165, 1.54) is 6.07 Å². The molecule has 0 fully saturated rings. The fraction of sp³-hybridized carbons (Fsp3) is 0.556. The number of rotatable bonds is 1. The molecule has 0 bridgehead atoms. The van der Waals surface area contributed by atoms with Crippen molar-refractivity contribution in [2.24, 2.45) is 5.73 Å². The zero-order chi connectivity index (χ0) is 9.26. The van der Waals surface area contributed by atoms with E-state index in [9.17, 15) is 4.79 Å². The maximum Gasteiger partial charge on any atom is 0.253 e. The summed E-state index contributed by atoms with van der Waals surface area (Å²) in [6, 6.07) is 1.54. The quantitative estimate of drug-likeness (QED) is 0.662. The highest BCUT2D eigenvalue weighted by molar-refractivity contribution is 5.05. The van der Waals surface area contributed by atoms with Crippen molar-refractivity contribution in [3.63, 3.8) is 0 Å². The van der Waals surface area contributed by atoms with Crippen LogP contribution in [0.1, 0.15) is 24.4 Å². The smallest absolute Gasteiger partial charge is 0.253 e. The third kappa shape index (κ3) is 1.49. The van der Waals surface area contributed by atoms with Gasteiger partial charge >= 0.3 is 0 Å². The summed E-state index contributed by atoms with van der Waals surface area (Å²) in [6.45, 7) is 1.16. The molecule has 0 spiro atoms. The maximum atomic E-state index is 11.5. The van der Waals surface area contributed by atoms with Crippen molar-refractivity contribution in [2.75, 3.05) is 0 Å². The lowest BCUT2D eigenvalue weighted by molar-refractivity contribution is 0.492. The van der Waals surface area contributed by atoms with Crippen LogP contribution in [0.3, 0.4) is 0 Å². The number of hydrogen-bond acceptors (Lipinski definition) is 3. The monoisotopic (exact) mass is 179 g/mol. The van der Waals surface area contributed by atoms with Crippen molar-refractivity contribution in [1.29, 1.82) is 0 Å². The number of aryl methyl sites for hydroxylation is 1. The molecule has 0 saturated heterocycles. The van der Waals surface area contributed by atoms with E-state index >= 15 is 0 Å². The van der Waals surface area contributed by atoms with E-state index in [4.69, 9.17) is 5.73 Å². The zero-order valence-corrected chi connectivity index (χ0v) is 7.49. The molecule has 1 aromatic heterocycles. The lowest BCUT2D eigenvalue weighted by Crippen LogP contribution is -2.29. The second kappa shape index (κ2) is 3.30. The third-order valence-corrected chi connectivity index (χ3v) is 2.38. The molecule has 70 valence electrons. The van der Waals surface area contributed by atoms with Crippen LogP contribution in [0, 0.1) is 0 Å². The topological polar surface area (TPSA) is 60.9 Å². The van der Waals surface area contributed by atoms with Gasteiger partial charge in [0, 0.05) is 25.6 Å². The Hall–Kier alpha value is -1.16. The molecule has 0 atom stereocenters. The summed E-state index contributed by atoms with van der Waals surface area (Å²) in [4.78, 5) is 15.8. The molecule has 1 aliphatic heterocycles. The van der Waals surface area contributed by atoms with Gasteiger partial charge in [0.15, 0.2) is 0 Å². The van der Waals surface area contributed by atoms with Gasteiger partial charge in [0.05, 0.1) is 5.69 Å². The van der Waals surface area contributed by atoms with Crippen LogP contribution in [0.25, 0.3) is 0 Å². The summed E-state index contributed by atoms with van der Waals surface area (Å²) in [7, 11) is 0. The lowest BCUT2D eigenvalue weighted by atomic mass is 10.1. The van der Waals surface area contributed by atoms with Crippen LogP contribution in [-0.2, 0) is 19.5 Å². The van der Waals surface area contributed by atoms with Crippen molar-refractivity contribution in [1.82, 2.24) is 9.55 Å². The molecule has 2 rings (SSSR count). The van der Waals surface area contributed by atoms with Gasteiger partial charge in [-0.1, -0.05) is 0 Å². The van der Waals surface area contributed by atoms with Crippen LogP contribution < -0.4 is 11.3 Å². The molecule has 2 N–H and O–H groups in total. The Morgan fingerprint density at radius 3 is 3.15 bits per heavy atom. The summed E-state index contributed by atoms with van der Waals surface area (Å²) in [6.07, 6.45) is 3.11. The molecule has 1 aromatic rings. The van der Waals surface area contributed by atoms with Gasteiger partial charge in [0.2, 0.25) is 0 Å². The summed E-state index contributed by atoms with van der Waals surface area (Å²) in [5.41, 5.74) is 6.19. The van der Waals surface area contributed by atoms with Gasteiger partial charge in [-0.15, -0.1) is 0 Å². The second-order valence-corrected chi connectivity index (χ2v) is 3.31. The largest absolute Gasteiger partial charge is 0.325 e. The first kappa shape index (κ1) is 8.44. The maximum absolute atomic E-state index is 11.5. The number of hydrogen-bond donors (Lipinski definition) is 1. The molecule has 0 saturated carbocycles. The third-order valence-electron chi connectivity index (χ3n) is 2.38. The molecule has 4 nitrogen and oxygen atoms in total. The van der Waals surface area contributed by atoms with Crippen molar-refractivity contribution in [3.05, 3.63) is 27.9 Å². The molecule has 2 heterocycles. The minimum absolute atomic E-state index is 0.0464. The standard InChI is InChI=1S/C9H13N3O/c10-6-7-5-9(13)12-4-2-1-3-8(12)11-7/h5H,1-4,6,10H2. The Morgan fingerprint density at radius 2 is 2.38 bits per heavy atom. The molecule has 1 aliphatic rings. The molecule has 0 radical (unpaired) electrons. The molecular formula is C9H13N3O. The SMILES string of the molecule is NCc1cc(=O)n2c(n1)CCCC2. The second-order valence-electron chi connectivity index (χ2n) is 3.31. The molecule has 0 amide bonds. The molecular weight excluding hydrogens is 166 g/mol. The first-order valence-electron chi connectivity index (χ1n) is 4.61. The Balaban J connectivity index is 2.53. The summed E-state index contributed by atoms with van der Waals surface area (Å²) < 4.78 is 1.75. The minimum Gasteiger partial charge on any atom is -0.325 e. The van der Waals surface area contributed by atoms with Crippen molar-refractivity contribution in [2.45, 2.75) is 32.4 Å². The van der Waals surface area contributed by atoms with Crippen LogP contribution >= 0.6 is 0 Å². The fourth-order valence-electron chi connectivity index (χ4n) is 1.69. The first-order chi connectivity index (χ1) is 6.31. The van der Waals surface area contributed by atoms with E-state index < -0.39 is 0 Å². The van der Waals surface area contributed by atoms with E-state index in [1.54, 1.807) is 4.57 Å². The Morgan fingerprint density at radius 1 is 1.54 bits per heavy atom. The fourth-order valence-corrected chi connectivity index (χ4v) is 1.69. The summed E-state index contributed by atoms with van der Waals surface area (Å²) in [5.74, 6) is 0.902. The van der Waals surface area contributed by atoms with Gasteiger partial charge in [-0.2, -0.15) is 0 Å². The van der Waals surface area contributed by atoms with Gasteiger partial charge in [-0.05, 0) is 12.8 Å². The highest BCUT2D eigenvalue weighted by atomic mass is 16.1. The Labute approximate surface area is 76.4 Å². The van der Waals surface area contributed by atoms with Gasteiger partial charge in [-0.25, -0.2) is 4.98 Å². The van der Waals surface area contributed by atoms with E-state index in [0.717, 1.165) is 31.6 Å². The number of nitrogens with zero attached hydrogens (tertiary/aromatic N) is 2. The number of nitrogens with two attached hydrogens (primary N) is 1. The van der Waals surface area contributed by atoms with Crippen LogP contribution in [0.4, 0.5) is 0 Å². The molecule has 0 aliphatic carbocycles. The van der Waals surface area contributed by atoms with E-state index in [2.05, 4.69) is 4.98 Å². The highest BCUT2D eigenvalue weighted by Gasteiger charge is 2.11. The summed E-state index contributed by atoms with van der Waals surface area (Å²) in [5, 5.41) is 0. The van der Waals surface area contributed by atoms with Crippen molar-refractivity contribution < 1.29 is 0 Å². The molecule has 13 heavy (non-hydrogen) atoms. The Kier molecular flexibility index (Phi) is 2.14. The van der Waals surface area contributed by atoms with Crippen LogP contribution in [-0.4, -0.2) is 9.55 Å². The Bertz CT molecular complexity index is 370. The predicted octanol–water partition coefficient (Wildman–Crippen LogP) is 0.0383. The van der Waals surface area contributed by atoms with E-state index in [-0.39, 0.29) is 5.56 Å². The number of fused-ring (bicyclic) bond motifs is 1. The normalized spacial score (nSPS) is 15.5. The lowest BCUT2D eigenvalue weighted by Gasteiger charge is -2.17. The van der Waals surface area contributed by atoms with E-state index in [1.807, 2.05) is 0 Å². The van der Waals surface area contributed by atoms with Crippen LogP contribution in [0.15, 0.2) is 10.9 Å². The first-order valence-corrected chi connectivity index (χ1v) is 4.61. The highest BCUT2D eigenvalue weighted by Crippen LogP contribution is 2.09. The van der Waals surface area contributed by atoms with Gasteiger partial charge in [0.25, 0.3) is 5.56 Å². The number of aromatic nitrogens is 2. The van der Waals surface area contributed by atoms with Crippen LogP contribution in [0.2, 0.25) is 0 Å². The van der Waals surface area contributed by atoms with Crippen molar-refractivity contribution >= 4 is 0 Å². The predicted molar refractivity (Wildman–Crippen MR) is 49.3 cm³/mol. The minimum atomic E-state index is 0.0464. The molecule has 4 heteroatoms. The van der Waals surface area contributed by atoms with Crippen LogP contribution in [0.5, 0.6) is 0 Å². The van der Waals surface area contributed by atoms with E-state index in [0.29, 0.717) is 12.2 Å². The van der Waals surface area contributed by atoms with Gasteiger partial charge in [-0.3, -0.25) is 9.36 Å². The molecule has 0 unspecified atom stereocenters. The van der Waals surface area contributed by atoms with Gasteiger partial charge < -0.3 is 5.73 Å². The average Bonchev–Trinajstić information content (AvgIpc) is 2.18.